The van der Waals surface area contributed by atoms with Crippen molar-refractivity contribution < 1.29 is 9.18 Å². The quantitative estimate of drug-likeness (QED) is 0.879. The average Bonchev–Trinajstić information content (AvgIpc) is 2.73. The van der Waals surface area contributed by atoms with Crippen molar-refractivity contribution >= 4 is 17.3 Å². The minimum Gasteiger partial charge on any atom is -0.320 e. The predicted molar refractivity (Wildman–Crippen MR) is 71.7 cm³/mol. The summed E-state index contributed by atoms with van der Waals surface area (Å²) in [5, 5.41) is 2.67. The number of hydrogen-bond acceptors (Lipinski definition) is 2. The monoisotopic (exact) mass is 254 g/mol. The van der Waals surface area contributed by atoms with Gasteiger partial charge in [-0.25, -0.2) is 4.39 Å². The zero-order chi connectivity index (χ0) is 13.2. The maximum Gasteiger partial charge on any atom is 0.274 e. The van der Waals surface area contributed by atoms with Crippen molar-refractivity contribution in [2.75, 3.05) is 5.32 Å². The minimum atomic E-state index is -0.373. The number of hydrogen-bond donors (Lipinski definition) is 1. The number of benzene rings is 2. The first-order valence-electron chi connectivity index (χ1n) is 5.94. The van der Waals surface area contributed by atoms with Crippen molar-refractivity contribution in [2.24, 2.45) is 4.99 Å². The third kappa shape index (κ3) is 2.25. The minimum absolute atomic E-state index is 0.281. The van der Waals surface area contributed by atoms with E-state index in [0.717, 1.165) is 5.56 Å². The number of aliphatic imine (C=N–C) groups is 1. The summed E-state index contributed by atoms with van der Waals surface area (Å²) in [5.41, 5.74) is 2.44. The Balaban J connectivity index is 1.93. The largest absolute Gasteiger partial charge is 0.320 e. The summed E-state index contributed by atoms with van der Waals surface area (Å²) in [4.78, 5) is 16.1. The molecule has 1 N–H and O–H groups in total. The van der Waals surface area contributed by atoms with Crippen molar-refractivity contribution in [3.8, 4) is 0 Å². The summed E-state index contributed by atoms with van der Waals surface area (Å²) < 4.78 is 13.2. The zero-order valence-corrected chi connectivity index (χ0v) is 10.1. The van der Waals surface area contributed by atoms with Gasteiger partial charge in [0.15, 0.2) is 0 Å². The van der Waals surface area contributed by atoms with E-state index in [2.05, 4.69) is 10.3 Å². The second-order valence-electron chi connectivity index (χ2n) is 4.29. The fourth-order valence-corrected chi connectivity index (χ4v) is 2.04. The molecule has 0 spiro atoms. The van der Waals surface area contributed by atoms with Crippen molar-refractivity contribution in [3.05, 3.63) is 65.5 Å². The molecule has 19 heavy (non-hydrogen) atoms. The second-order valence-corrected chi connectivity index (χ2v) is 4.29. The van der Waals surface area contributed by atoms with Gasteiger partial charge in [0.2, 0.25) is 0 Å². The molecule has 2 aromatic carbocycles. The van der Waals surface area contributed by atoms with E-state index >= 15 is 0 Å². The summed E-state index contributed by atoms with van der Waals surface area (Å²) in [5.74, 6) is -0.654. The average molecular weight is 254 g/mol. The molecule has 0 radical (unpaired) electrons. The second kappa shape index (κ2) is 4.65. The van der Waals surface area contributed by atoms with Crippen LogP contribution in [0.3, 0.4) is 0 Å². The zero-order valence-electron chi connectivity index (χ0n) is 10.1. The molecule has 3 nitrogen and oxygen atoms in total. The van der Waals surface area contributed by atoms with E-state index in [1.54, 1.807) is 6.07 Å². The van der Waals surface area contributed by atoms with Crippen LogP contribution in [0, 0.1) is 5.82 Å². The molecule has 0 aromatic heterocycles. The lowest BCUT2D eigenvalue weighted by molar-refractivity contribution is -0.110. The highest BCUT2D eigenvalue weighted by molar-refractivity contribution is 6.53. The van der Waals surface area contributed by atoms with Gasteiger partial charge in [0.1, 0.15) is 11.5 Å². The molecule has 1 aliphatic rings. The van der Waals surface area contributed by atoms with E-state index in [1.165, 1.54) is 12.1 Å². The van der Waals surface area contributed by atoms with Crippen molar-refractivity contribution in [3.63, 3.8) is 0 Å². The molecule has 1 amide bonds. The molecule has 94 valence electrons. The summed E-state index contributed by atoms with van der Waals surface area (Å²) in [6, 6.07) is 13.8. The molecule has 0 unspecified atom stereocenters. The van der Waals surface area contributed by atoms with Gasteiger partial charge in [-0.05, 0) is 23.8 Å². The van der Waals surface area contributed by atoms with Gasteiger partial charge < -0.3 is 5.32 Å². The number of carbonyl (C=O) groups excluding carboxylic acids is 1. The molecule has 2 aromatic rings. The fraction of sp³-hybridized carbons (Fsp3) is 0.0667. The maximum absolute atomic E-state index is 13.2. The van der Waals surface area contributed by atoms with Gasteiger partial charge in [0, 0.05) is 5.56 Å². The van der Waals surface area contributed by atoms with Gasteiger partial charge in [-0.15, -0.1) is 0 Å². The molecular formula is C15H11FN2O. The number of nitrogens with zero attached hydrogens (tertiary/aromatic N) is 1. The Kier molecular flexibility index (Phi) is 2.83. The van der Waals surface area contributed by atoms with Gasteiger partial charge >= 0.3 is 0 Å². The third-order valence-electron chi connectivity index (χ3n) is 2.96. The van der Waals surface area contributed by atoms with Crippen molar-refractivity contribution in [1.29, 1.82) is 0 Å². The van der Waals surface area contributed by atoms with Crippen LogP contribution in [0.25, 0.3) is 0 Å². The van der Waals surface area contributed by atoms with Crippen LogP contribution in [0.4, 0.5) is 10.1 Å². The highest BCUT2D eigenvalue weighted by atomic mass is 19.1. The van der Waals surface area contributed by atoms with Crippen molar-refractivity contribution in [2.45, 2.75) is 6.54 Å². The SMILES string of the molecule is O=C1Nc2ccc(F)cc2C1=NCc1ccccc1. The summed E-state index contributed by atoms with van der Waals surface area (Å²) in [6.45, 7) is 0.402. The van der Waals surface area contributed by atoms with Gasteiger partial charge in [-0.1, -0.05) is 30.3 Å². The van der Waals surface area contributed by atoms with E-state index in [9.17, 15) is 9.18 Å². The van der Waals surface area contributed by atoms with Crippen molar-refractivity contribution in [1.82, 2.24) is 0 Å². The standard InChI is InChI=1S/C15H11FN2O/c16-11-6-7-13-12(8-11)14(15(19)18-13)17-9-10-4-2-1-3-5-10/h1-8H,9H2,(H,17,18,19). The molecule has 0 saturated heterocycles. The van der Waals surface area contributed by atoms with E-state index < -0.39 is 0 Å². The lowest BCUT2D eigenvalue weighted by Crippen LogP contribution is -2.14. The summed E-state index contributed by atoms with van der Waals surface area (Å²) in [7, 11) is 0. The Morgan fingerprint density at radius 2 is 1.89 bits per heavy atom. The molecule has 1 aliphatic heterocycles. The maximum atomic E-state index is 13.2. The van der Waals surface area contributed by atoms with Gasteiger partial charge in [-0.2, -0.15) is 0 Å². The lowest BCUT2D eigenvalue weighted by Gasteiger charge is -1.99. The highest BCUT2D eigenvalue weighted by Gasteiger charge is 2.25. The fourth-order valence-electron chi connectivity index (χ4n) is 2.04. The number of nitrogens with one attached hydrogen (secondary N) is 1. The lowest BCUT2D eigenvalue weighted by atomic mass is 10.1. The predicted octanol–water partition coefficient (Wildman–Crippen LogP) is 2.77. The van der Waals surface area contributed by atoms with Gasteiger partial charge in [0.05, 0.1) is 12.2 Å². The number of anilines is 1. The first-order valence-corrected chi connectivity index (χ1v) is 5.94. The Labute approximate surface area is 109 Å². The van der Waals surface area contributed by atoms with Crippen LogP contribution in [0.1, 0.15) is 11.1 Å². The number of halogens is 1. The van der Waals surface area contributed by atoms with Gasteiger partial charge in [0.25, 0.3) is 5.91 Å². The Morgan fingerprint density at radius 1 is 1.11 bits per heavy atom. The Bertz CT molecular complexity index is 665. The Hall–Kier alpha value is -2.49. The molecular weight excluding hydrogens is 243 g/mol. The van der Waals surface area contributed by atoms with Crippen LogP contribution in [0.15, 0.2) is 53.5 Å². The smallest absolute Gasteiger partial charge is 0.274 e. The normalized spacial score (nSPS) is 15.4. The van der Waals surface area contributed by atoms with Crippen LogP contribution in [-0.4, -0.2) is 11.6 Å². The molecule has 1 heterocycles. The molecule has 3 rings (SSSR count). The van der Waals surface area contributed by atoms with E-state index in [1.807, 2.05) is 30.3 Å². The molecule has 0 saturated carbocycles. The first kappa shape index (κ1) is 11.6. The summed E-state index contributed by atoms with van der Waals surface area (Å²) in [6.07, 6.45) is 0. The van der Waals surface area contributed by atoms with Crippen LogP contribution in [0.2, 0.25) is 0 Å². The van der Waals surface area contributed by atoms with Gasteiger partial charge in [-0.3, -0.25) is 9.79 Å². The molecule has 0 bridgehead atoms. The molecule has 0 aliphatic carbocycles. The van der Waals surface area contributed by atoms with Crippen LogP contribution >= 0.6 is 0 Å². The van der Waals surface area contributed by atoms with E-state index in [-0.39, 0.29) is 11.7 Å². The van der Waals surface area contributed by atoms with E-state index in [0.29, 0.717) is 23.5 Å². The molecule has 0 atom stereocenters. The van der Waals surface area contributed by atoms with Crippen LogP contribution in [-0.2, 0) is 11.3 Å². The van der Waals surface area contributed by atoms with Crippen LogP contribution < -0.4 is 5.32 Å². The number of amides is 1. The number of rotatable bonds is 2. The summed E-state index contributed by atoms with van der Waals surface area (Å²) >= 11 is 0. The molecule has 4 heteroatoms. The first-order chi connectivity index (χ1) is 9.24. The van der Waals surface area contributed by atoms with Crippen LogP contribution in [0.5, 0.6) is 0 Å². The third-order valence-corrected chi connectivity index (χ3v) is 2.96. The number of fused-ring (bicyclic) bond motifs is 1. The number of carbonyl (C=O) groups is 1. The Morgan fingerprint density at radius 3 is 2.68 bits per heavy atom. The topological polar surface area (TPSA) is 41.5 Å². The van der Waals surface area contributed by atoms with E-state index in [4.69, 9.17) is 0 Å². The highest BCUT2D eigenvalue weighted by Crippen LogP contribution is 2.24. The molecule has 0 fully saturated rings.